The summed E-state index contributed by atoms with van der Waals surface area (Å²) in [5, 5.41) is 6.44. The van der Waals surface area contributed by atoms with Crippen molar-refractivity contribution in [1.29, 1.82) is 0 Å². The standard InChI is InChI=1S/C17H29N7O/c1-4-18-16(22-14(2)3)19-9-6-15(25)23-10-12-24(13-11-23)17-20-7-5-8-21-17/h5,7-8,14H,4,6,9-13H2,1-3H3,(H2,18,19,22). The predicted molar refractivity (Wildman–Crippen MR) is 99.7 cm³/mol. The van der Waals surface area contributed by atoms with Gasteiger partial charge < -0.3 is 20.4 Å². The first-order valence-corrected chi connectivity index (χ1v) is 8.94. The molecule has 1 fully saturated rings. The maximum atomic E-state index is 12.4. The summed E-state index contributed by atoms with van der Waals surface area (Å²) in [6.07, 6.45) is 3.91. The topological polar surface area (TPSA) is 85.8 Å². The molecular weight excluding hydrogens is 318 g/mol. The number of amides is 1. The molecule has 0 aliphatic carbocycles. The largest absolute Gasteiger partial charge is 0.357 e. The second-order valence-electron chi connectivity index (χ2n) is 6.23. The molecule has 0 spiro atoms. The molecule has 1 amide bonds. The molecule has 0 atom stereocenters. The fourth-order valence-electron chi connectivity index (χ4n) is 2.63. The summed E-state index contributed by atoms with van der Waals surface area (Å²) in [6.45, 7) is 10.4. The van der Waals surface area contributed by atoms with Crippen LogP contribution < -0.4 is 15.5 Å². The molecule has 2 heterocycles. The van der Waals surface area contributed by atoms with Crippen LogP contribution in [0, 0.1) is 0 Å². The van der Waals surface area contributed by atoms with Gasteiger partial charge in [-0.3, -0.25) is 9.79 Å². The molecule has 0 radical (unpaired) electrons. The third kappa shape index (κ3) is 6.21. The lowest BCUT2D eigenvalue weighted by molar-refractivity contribution is -0.131. The number of piperazine rings is 1. The van der Waals surface area contributed by atoms with Gasteiger partial charge in [-0.05, 0) is 26.8 Å². The molecular formula is C17H29N7O. The average molecular weight is 347 g/mol. The third-order valence-electron chi connectivity index (χ3n) is 3.83. The Morgan fingerprint density at radius 2 is 1.92 bits per heavy atom. The summed E-state index contributed by atoms with van der Waals surface area (Å²) in [5.74, 6) is 1.64. The molecule has 25 heavy (non-hydrogen) atoms. The quantitative estimate of drug-likeness (QED) is 0.575. The summed E-state index contributed by atoms with van der Waals surface area (Å²) in [6, 6.07) is 2.11. The van der Waals surface area contributed by atoms with Crippen LogP contribution in [0.15, 0.2) is 23.5 Å². The highest BCUT2D eigenvalue weighted by Gasteiger charge is 2.21. The van der Waals surface area contributed by atoms with E-state index >= 15 is 0 Å². The predicted octanol–water partition coefficient (Wildman–Crippen LogP) is 0.479. The first-order chi connectivity index (χ1) is 12.1. The molecule has 8 heteroatoms. The van der Waals surface area contributed by atoms with E-state index in [0.717, 1.165) is 31.5 Å². The Bertz CT molecular complexity index is 553. The van der Waals surface area contributed by atoms with E-state index in [2.05, 4.69) is 44.3 Å². The Labute approximate surface area is 149 Å². The van der Waals surface area contributed by atoms with E-state index in [9.17, 15) is 4.79 Å². The molecule has 1 aliphatic rings. The van der Waals surface area contributed by atoms with Gasteiger partial charge in [0.15, 0.2) is 5.96 Å². The van der Waals surface area contributed by atoms with Crippen molar-refractivity contribution in [2.45, 2.75) is 33.2 Å². The lowest BCUT2D eigenvalue weighted by Crippen LogP contribution is -2.49. The van der Waals surface area contributed by atoms with E-state index in [1.807, 2.05) is 11.8 Å². The average Bonchev–Trinajstić information content (AvgIpc) is 2.62. The zero-order chi connectivity index (χ0) is 18.1. The lowest BCUT2D eigenvalue weighted by atomic mass is 10.3. The Balaban J connectivity index is 1.76. The Hall–Kier alpha value is -2.38. The zero-order valence-corrected chi connectivity index (χ0v) is 15.4. The van der Waals surface area contributed by atoms with Crippen molar-refractivity contribution < 1.29 is 4.79 Å². The number of carbonyl (C=O) groups is 1. The summed E-state index contributed by atoms with van der Waals surface area (Å²) >= 11 is 0. The van der Waals surface area contributed by atoms with Gasteiger partial charge in [0, 0.05) is 57.6 Å². The third-order valence-corrected chi connectivity index (χ3v) is 3.83. The van der Waals surface area contributed by atoms with Gasteiger partial charge in [-0.2, -0.15) is 0 Å². The molecule has 2 rings (SSSR count). The van der Waals surface area contributed by atoms with E-state index in [-0.39, 0.29) is 5.91 Å². The van der Waals surface area contributed by atoms with Crippen LogP contribution in [-0.2, 0) is 4.79 Å². The molecule has 138 valence electrons. The normalized spacial score (nSPS) is 15.4. The van der Waals surface area contributed by atoms with Crippen LogP contribution in [0.4, 0.5) is 5.95 Å². The van der Waals surface area contributed by atoms with Gasteiger partial charge in [0.2, 0.25) is 11.9 Å². The number of carbonyl (C=O) groups excluding carboxylic acids is 1. The minimum Gasteiger partial charge on any atom is -0.357 e. The van der Waals surface area contributed by atoms with Crippen molar-refractivity contribution in [3.63, 3.8) is 0 Å². The van der Waals surface area contributed by atoms with Gasteiger partial charge in [0.25, 0.3) is 0 Å². The molecule has 2 N–H and O–H groups in total. The SMILES string of the molecule is CCNC(=NCCC(=O)N1CCN(c2ncccn2)CC1)NC(C)C. The summed E-state index contributed by atoms with van der Waals surface area (Å²) < 4.78 is 0. The number of aromatic nitrogens is 2. The van der Waals surface area contributed by atoms with Crippen molar-refractivity contribution in [3.05, 3.63) is 18.5 Å². The van der Waals surface area contributed by atoms with Crippen molar-refractivity contribution in [2.75, 3.05) is 44.2 Å². The van der Waals surface area contributed by atoms with Crippen molar-refractivity contribution in [3.8, 4) is 0 Å². The number of hydrogen-bond acceptors (Lipinski definition) is 5. The van der Waals surface area contributed by atoms with Gasteiger partial charge in [0.1, 0.15) is 0 Å². The maximum absolute atomic E-state index is 12.4. The van der Waals surface area contributed by atoms with E-state index < -0.39 is 0 Å². The Morgan fingerprint density at radius 1 is 1.24 bits per heavy atom. The number of anilines is 1. The number of rotatable bonds is 6. The van der Waals surface area contributed by atoms with Crippen molar-refractivity contribution in [1.82, 2.24) is 25.5 Å². The fourth-order valence-corrected chi connectivity index (χ4v) is 2.63. The highest BCUT2D eigenvalue weighted by Crippen LogP contribution is 2.10. The molecule has 0 unspecified atom stereocenters. The van der Waals surface area contributed by atoms with Crippen molar-refractivity contribution >= 4 is 17.8 Å². The number of hydrogen-bond donors (Lipinski definition) is 2. The summed E-state index contributed by atoms with van der Waals surface area (Å²) in [4.78, 5) is 29.4. The number of nitrogens with zero attached hydrogens (tertiary/aromatic N) is 5. The molecule has 0 saturated carbocycles. The van der Waals surface area contributed by atoms with Gasteiger partial charge in [0.05, 0.1) is 6.54 Å². The number of aliphatic imine (C=N–C) groups is 1. The van der Waals surface area contributed by atoms with E-state index in [1.54, 1.807) is 18.5 Å². The van der Waals surface area contributed by atoms with Crippen LogP contribution in [0.3, 0.4) is 0 Å². The van der Waals surface area contributed by atoms with Crippen LogP contribution in [0.25, 0.3) is 0 Å². The highest BCUT2D eigenvalue weighted by molar-refractivity contribution is 5.81. The first kappa shape index (κ1) is 19.0. The monoisotopic (exact) mass is 347 g/mol. The molecule has 1 saturated heterocycles. The minimum absolute atomic E-state index is 0.151. The zero-order valence-electron chi connectivity index (χ0n) is 15.4. The second kappa shape index (κ2) is 9.80. The van der Waals surface area contributed by atoms with E-state index in [0.29, 0.717) is 32.1 Å². The van der Waals surface area contributed by atoms with Crippen LogP contribution in [0.1, 0.15) is 27.2 Å². The van der Waals surface area contributed by atoms with Crippen LogP contribution >= 0.6 is 0 Å². The Kier molecular flexibility index (Phi) is 7.43. The smallest absolute Gasteiger partial charge is 0.225 e. The van der Waals surface area contributed by atoms with Gasteiger partial charge in [-0.25, -0.2) is 9.97 Å². The van der Waals surface area contributed by atoms with Crippen molar-refractivity contribution in [2.24, 2.45) is 4.99 Å². The maximum Gasteiger partial charge on any atom is 0.225 e. The van der Waals surface area contributed by atoms with Gasteiger partial charge >= 0.3 is 0 Å². The first-order valence-electron chi connectivity index (χ1n) is 8.94. The fraction of sp³-hybridized carbons (Fsp3) is 0.647. The molecule has 1 aromatic rings. The summed E-state index contributed by atoms with van der Waals surface area (Å²) in [5.41, 5.74) is 0. The van der Waals surface area contributed by atoms with E-state index in [4.69, 9.17) is 0 Å². The van der Waals surface area contributed by atoms with Crippen LogP contribution in [0.5, 0.6) is 0 Å². The molecule has 8 nitrogen and oxygen atoms in total. The highest BCUT2D eigenvalue weighted by atomic mass is 16.2. The molecule has 0 bridgehead atoms. The molecule has 1 aromatic heterocycles. The number of guanidine groups is 1. The van der Waals surface area contributed by atoms with Gasteiger partial charge in [-0.1, -0.05) is 0 Å². The number of nitrogens with one attached hydrogen (secondary N) is 2. The Morgan fingerprint density at radius 3 is 2.52 bits per heavy atom. The second-order valence-corrected chi connectivity index (χ2v) is 6.23. The summed E-state index contributed by atoms with van der Waals surface area (Å²) in [7, 11) is 0. The molecule has 1 aliphatic heterocycles. The van der Waals surface area contributed by atoms with Crippen LogP contribution in [0.2, 0.25) is 0 Å². The lowest BCUT2D eigenvalue weighted by Gasteiger charge is -2.34. The van der Waals surface area contributed by atoms with Gasteiger partial charge in [-0.15, -0.1) is 0 Å². The van der Waals surface area contributed by atoms with Crippen LogP contribution in [-0.4, -0.2) is 72.0 Å². The van der Waals surface area contributed by atoms with E-state index in [1.165, 1.54) is 0 Å². The molecule has 0 aromatic carbocycles. The minimum atomic E-state index is 0.151.